The Bertz CT molecular complexity index is 4170. The fraction of sp³-hybridized carbons (Fsp3) is 0.0278. The lowest BCUT2D eigenvalue weighted by Crippen LogP contribution is -2.27. The monoisotopic (exact) mass is 1020 g/mol. The summed E-state index contributed by atoms with van der Waals surface area (Å²) in [4.78, 5) is 39.8. The quantitative estimate of drug-likeness (QED) is 0.133. The number of benzene rings is 9. The summed E-state index contributed by atoms with van der Waals surface area (Å²) in [5, 5.41) is 0. The highest BCUT2D eigenvalue weighted by Gasteiger charge is 2.41. The Kier molecular flexibility index (Phi) is 11.5. The summed E-state index contributed by atoms with van der Waals surface area (Å²) in [6.45, 7) is 0. The number of hydrogen-bond donors (Lipinski definition) is 0. The van der Waals surface area contributed by atoms with Crippen molar-refractivity contribution in [2.45, 2.75) is 11.8 Å². The lowest BCUT2D eigenvalue weighted by Gasteiger charge is -2.42. The maximum Gasteiger partial charge on any atom is 0.164 e. The van der Waals surface area contributed by atoms with Crippen molar-refractivity contribution in [3.63, 3.8) is 0 Å². The van der Waals surface area contributed by atoms with Gasteiger partial charge in [0.15, 0.2) is 34.9 Å². The van der Waals surface area contributed by atoms with Gasteiger partial charge in [0.2, 0.25) is 0 Å². The van der Waals surface area contributed by atoms with Crippen LogP contribution in [0.25, 0.3) is 113 Å². The third kappa shape index (κ3) is 8.34. The van der Waals surface area contributed by atoms with E-state index in [9.17, 15) is 0 Å². The third-order valence-electron chi connectivity index (χ3n) is 15.5. The van der Waals surface area contributed by atoms with E-state index in [4.69, 9.17) is 29.9 Å². The van der Waals surface area contributed by atoms with Crippen molar-refractivity contribution < 1.29 is 0 Å². The molecule has 0 aliphatic heterocycles. The van der Waals surface area contributed by atoms with Gasteiger partial charge in [0, 0.05) is 68.7 Å². The van der Waals surface area contributed by atoms with Crippen LogP contribution in [-0.4, -0.2) is 39.9 Å². The van der Waals surface area contributed by atoms with Crippen LogP contribution >= 0.6 is 0 Å². The van der Waals surface area contributed by atoms with Crippen molar-refractivity contribution >= 4 is 0 Å². The summed E-state index contributed by atoms with van der Waals surface area (Å²) in [5.74, 6) is 3.84. The molecule has 3 aliphatic rings. The topological polar surface area (TPSA) is 103 Å². The number of pyridine rings is 2. The minimum absolute atomic E-state index is 0.102. The van der Waals surface area contributed by atoms with Gasteiger partial charge in [-0.2, -0.15) is 0 Å². The molecule has 0 radical (unpaired) electrons. The first kappa shape index (κ1) is 46.6. The van der Waals surface area contributed by atoms with Gasteiger partial charge >= 0.3 is 0 Å². The fourth-order valence-corrected chi connectivity index (χ4v) is 11.7. The fourth-order valence-electron chi connectivity index (χ4n) is 11.7. The van der Waals surface area contributed by atoms with Crippen molar-refractivity contribution in [2.24, 2.45) is 0 Å². The molecule has 0 spiro atoms. The molecule has 2 unspecified atom stereocenters. The normalized spacial score (nSPS) is 13.8. The first-order valence-electron chi connectivity index (χ1n) is 26.9. The first-order chi connectivity index (χ1) is 39.6. The van der Waals surface area contributed by atoms with Gasteiger partial charge in [0.25, 0.3) is 0 Å². The molecule has 4 heterocycles. The Balaban J connectivity index is 0.749. The van der Waals surface area contributed by atoms with Crippen LogP contribution in [0, 0.1) is 0 Å². The van der Waals surface area contributed by atoms with Crippen LogP contribution < -0.4 is 0 Å². The smallest absolute Gasteiger partial charge is 0.164 e. The second-order valence-corrected chi connectivity index (χ2v) is 20.2. The Morgan fingerprint density at radius 1 is 0.200 bits per heavy atom. The molecule has 80 heavy (non-hydrogen) atoms. The predicted molar refractivity (Wildman–Crippen MR) is 318 cm³/mol. The standard InChI is InChI=1S/C72H46N8/c1-3-17-47(18-4-1)67-75-69(79-71(77-67)59-25-11-7-21-53(59)63-27-13-15-41-73-63)49-33-29-45(30-34-49)51-37-39-57-61(43-51)65-55-23-9-10-24-56(55)66(57)62-44-52(38-40-58(62)65)46-31-35-50(36-32-46)70-76-68(48-19-5-2-6-20-48)78-72(80-70)60-26-12-8-22-54(60)64-28-14-16-42-74-64/h1-44,65-66H. The van der Waals surface area contributed by atoms with Gasteiger partial charge in [-0.1, -0.05) is 218 Å². The summed E-state index contributed by atoms with van der Waals surface area (Å²) in [5.41, 5.74) is 21.9. The van der Waals surface area contributed by atoms with Crippen molar-refractivity contribution in [3.8, 4) is 113 Å². The van der Waals surface area contributed by atoms with E-state index < -0.39 is 0 Å². The third-order valence-corrected chi connectivity index (χ3v) is 15.5. The molecule has 3 aliphatic carbocycles. The molecule has 2 bridgehead atoms. The van der Waals surface area contributed by atoms with Crippen molar-refractivity contribution in [2.75, 3.05) is 0 Å². The van der Waals surface area contributed by atoms with Crippen LogP contribution in [0.4, 0.5) is 0 Å². The Labute approximate surface area is 463 Å². The molecule has 8 nitrogen and oxygen atoms in total. The van der Waals surface area contributed by atoms with Gasteiger partial charge < -0.3 is 0 Å². The molecule has 16 rings (SSSR count). The van der Waals surface area contributed by atoms with Crippen LogP contribution in [0.1, 0.15) is 45.2 Å². The molecular formula is C72H46N8. The minimum atomic E-state index is 0.102. The van der Waals surface area contributed by atoms with Gasteiger partial charge in [0.1, 0.15) is 0 Å². The molecule has 0 amide bonds. The van der Waals surface area contributed by atoms with E-state index in [-0.39, 0.29) is 11.8 Å². The molecule has 4 aromatic heterocycles. The number of aromatic nitrogens is 8. The van der Waals surface area contributed by atoms with Crippen LogP contribution in [0.2, 0.25) is 0 Å². The summed E-state index contributed by atoms with van der Waals surface area (Å²) in [6.07, 6.45) is 3.62. The van der Waals surface area contributed by atoms with E-state index in [1.54, 1.807) is 0 Å². The average Bonchev–Trinajstić information content (AvgIpc) is 3.68. The molecular weight excluding hydrogens is 977 g/mol. The van der Waals surface area contributed by atoms with Crippen molar-refractivity contribution in [1.82, 2.24) is 39.9 Å². The van der Waals surface area contributed by atoms with Gasteiger partial charge in [0.05, 0.1) is 11.4 Å². The van der Waals surface area contributed by atoms with E-state index in [1.165, 1.54) is 44.5 Å². The first-order valence-corrected chi connectivity index (χ1v) is 26.9. The van der Waals surface area contributed by atoms with Crippen molar-refractivity contribution in [1.29, 1.82) is 0 Å². The van der Waals surface area contributed by atoms with Crippen LogP contribution in [-0.2, 0) is 0 Å². The largest absolute Gasteiger partial charge is 0.256 e. The van der Waals surface area contributed by atoms with E-state index in [2.05, 4.69) is 143 Å². The highest BCUT2D eigenvalue weighted by Crippen LogP contribution is 2.57. The molecule has 9 aromatic carbocycles. The zero-order valence-corrected chi connectivity index (χ0v) is 43.1. The summed E-state index contributed by atoms with van der Waals surface area (Å²) in [7, 11) is 0. The molecule has 0 N–H and O–H groups in total. The van der Waals surface area contributed by atoms with Gasteiger partial charge in [-0.3, -0.25) is 9.97 Å². The lowest BCUT2D eigenvalue weighted by molar-refractivity contribution is 0.755. The van der Waals surface area contributed by atoms with E-state index in [0.29, 0.717) is 34.9 Å². The number of hydrogen-bond acceptors (Lipinski definition) is 8. The summed E-state index contributed by atoms with van der Waals surface area (Å²) < 4.78 is 0. The van der Waals surface area contributed by atoms with Crippen molar-refractivity contribution in [3.05, 3.63) is 301 Å². The number of nitrogens with zero attached hydrogens (tertiary/aromatic N) is 8. The Morgan fingerprint density at radius 3 is 0.887 bits per heavy atom. The maximum atomic E-state index is 5.13. The highest BCUT2D eigenvalue weighted by atomic mass is 15.0. The SMILES string of the molecule is c1ccc(-c2nc(-c3ccc(-c4ccc5c(c4)C4c6ccccc6C5c5cc(-c6ccc(-c7nc(-c8ccccc8)nc(-c8ccccc8-c8ccccn8)n7)cc6)ccc54)cc3)nc(-c3ccccc3-c3ccccn3)n2)cc1. The Hall–Kier alpha value is -10.7. The van der Waals surface area contributed by atoms with Crippen LogP contribution in [0.5, 0.6) is 0 Å². The Morgan fingerprint density at radius 2 is 0.500 bits per heavy atom. The molecule has 13 aromatic rings. The average molecular weight is 1020 g/mol. The van der Waals surface area contributed by atoms with E-state index in [0.717, 1.165) is 67.0 Å². The maximum absolute atomic E-state index is 5.13. The van der Waals surface area contributed by atoms with Gasteiger partial charge in [-0.15, -0.1) is 0 Å². The summed E-state index contributed by atoms with van der Waals surface area (Å²) >= 11 is 0. The van der Waals surface area contributed by atoms with Crippen LogP contribution in [0.15, 0.2) is 267 Å². The summed E-state index contributed by atoms with van der Waals surface area (Å²) in [6, 6.07) is 88.9. The molecule has 2 atom stereocenters. The molecule has 374 valence electrons. The minimum Gasteiger partial charge on any atom is -0.256 e. The van der Waals surface area contributed by atoms with E-state index >= 15 is 0 Å². The molecule has 0 saturated carbocycles. The molecule has 0 fully saturated rings. The van der Waals surface area contributed by atoms with E-state index in [1.807, 2.05) is 134 Å². The zero-order valence-electron chi connectivity index (χ0n) is 43.1. The number of rotatable bonds is 10. The zero-order chi connectivity index (χ0) is 52.9. The van der Waals surface area contributed by atoms with Crippen LogP contribution in [0.3, 0.4) is 0 Å². The second kappa shape index (κ2) is 19.7. The second-order valence-electron chi connectivity index (χ2n) is 20.2. The predicted octanol–water partition coefficient (Wildman–Crippen LogP) is 16.5. The molecule has 8 heteroatoms. The lowest BCUT2D eigenvalue weighted by atomic mass is 9.60. The highest BCUT2D eigenvalue weighted by molar-refractivity contribution is 5.83. The van der Waals surface area contributed by atoms with Gasteiger partial charge in [-0.25, -0.2) is 29.9 Å². The molecule has 0 saturated heterocycles. The van der Waals surface area contributed by atoms with Gasteiger partial charge in [-0.05, 0) is 92.0 Å².